The van der Waals surface area contributed by atoms with Crippen molar-refractivity contribution in [1.82, 2.24) is 4.90 Å². The van der Waals surface area contributed by atoms with Crippen molar-refractivity contribution in [3.05, 3.63) is 64.7 Å². The number of rotatable bonds is 11. The predicted octanol–water partition coefficient (Wildman–Crippen LogP) is 6.22. The second-order valence-corrected chi connectivity index (χ2v) is 9.04. The van der Waals surface area contributed by atoms with Gasteiger partial charge in [-0.1, -0.05) is 45.7 Å². The van der Waals surface area contributed by atoms with Crippen molar-refractivity contribution in [2.75, 3.05) is 19.8 Å². The molecule has 1 aliphatic heterocycles. The smallest absolute Gasteiger partial charge is 0.295 e. The molecule has 6 nitrogen and oxygen atoms in total. The quantitative estimate of drug-likeness (QED) is 0.179. The van der Waals surface area contributed by atoms with Crippen molar-refractivity contribution in [1.29, 1.82) is 0 Å². The molecule has 0 aromatic heterocycles. The maximum atomic E-state index is 13.2. The van der Waals surface area contributed by atoms with Crippen molar-refractivity contribution in [2.24, 2.45) is 0 Å². The van der Waals surface area contributed by atoms with Crippen LogP contribution in [0.4, 0.5) is 0 Å². The van der Waals surface area contributed by atoms with Crippen molar-refractivity contribution < 1.29 is 24.2 Å². The summed E-state index contributed by atoms with van der Waals surface area (Å²) in [6.07, 6.45) is 2.75. The van der Waals surface area contributed by atoms with Gasteiger partial charge in [-0.25, -0.2) is 0 Å². The van der Waals surface area contributed by atoms with Gasteiger partial charge in [0.2, 0.25) is 0 Å². The summed E-state index contributed by atoms with van der Waals surface area (Å²) in [4.78, 5) is 27.9. The third-order valence-electron chi connectivity index (χ3n) is 6.25. The van der Waals surface area contributed by atoms with Crippen molar-refractivity contribution in [3.63, 3.8) is 0 Å². The minimum atomic E-state index is -0.656. The third kappa shape index (κ3) is 5.69. The number of aliphatic hydroxyl groups is 1. The molecule has 0 spiro atoms. The van der Waals surface area contributed by atoms with Crippen LogP contribution in [0.5, 0.6) is 11.5 Å². The summed E-state index contributed by atoms with van der Waals surface area (Å²) in [7, 11) is 0. The maximum absolute atomic E-state index is 13.2. The molecule has 0 aliphatic carbocycles. The number of ketones is 1. The van der Waals surface area contributed by atoms with Crippen LogP contribution in [0.15, 0.2) is 48.0 Å². The van der Waals surface area contributed by atoms with Crippen LogP contribution in [-0.4, -0.2) is 41.5 Å². The molecule has 1 aliphatic rings. The topological polar surface area (TPSA) is 76.1 Å². The van der Waals surface area contributed by atoms with Crippen LogP contribution in [0.3, 0.4) is 0 Å². The van der Waals surface area contributed by atoms with Crippen molar-refractivity contribution in [3.8, 4) is 11.5 Å². The SMILES string of the molecule is CCCCCN1C(=O)C(=O)/C(=C(\O)c2ccc(OCC)c(C(C)C)c2)C1c1ccc(OCC)cc1. The Morgan fingerprint density at radius 3 is 2.26 bits per heavy atom. The van der Waals surface area contributed by atoms with Gasteiger partial charge in [0.15, 0.2) is 0 Å². The molecule has 1 heterocycles. The Bertz CT molecular complexity index is 1070. The first-order valence-corrected chi connectivity index (χ1v) is 12.6. The zero-order valence-corrected chi connectivity index (χ0v) is 21.5. The minimum Gasteiger partial charge on any atom is -0.507 e. The number of aliphatic hydroxyl groups excluding tert-OH is 1. The molecule has 35 heavy (non-hydrogen) atoms. The highest BCUT2D eigenvalue weighted by molar-refractivity contribution is 6.46. The van der Waals surface area contributed by atoms with Crippen LogP contribution in [0.25, 0.3) is 5.76 Å². The van der Waals surface area contributed by atoms with E-state index in [4.69, 9.17) is 9.47 Å². The summed E-state index contributed by atoms with van der Waals surface area (Å²) in [5.41, 5.74) is 2.32. The predicted molar refractivity (Wildman–Crippen MR) is 138 cm³/mol. The van der Waals surface area contributed by atoms with Crippen LogP contribution in [-0.2, 0) is 9.59 Å². The van der Waals surface area contributed by atoms with Crippen molar-refractivity contribution >= 4 is 17.4 Å². The van der Waals surface area contributed by atoms with Gasteiger partial charge in [-0.2, -0.15) is 0 Å². The van der Waals surface area contributed by atoms with E-state index < -0.39 is 17.7 Å². The van der Waals surface area contributed by atoms with E-state index in [0.29, 0.717) is 31.1 Å². The molecule has 2 aromatic carbocycles. The summed E-state index contributed by atoms with van der Waals surface area (Å²) in [5.74, 6) is 0.233. The zero-order valence-electron chi connectivity index (χ0n) is 21.5. The Labute approximate surface area is 208 Å². The van der Waals surface area contributed by atoms with Crippen LogP contribution >= 0.6 is 0 Å². The molecule has 0 bridgehead atoms. The molecule has 6 heteroatoms. The fraction of sp³-hybridized carbons (Fsp3) is 0.448. The number of amides is 1. The van der Waals surface area contributed by atoms with E-state index in [-0.39, 0.29) is 17.3 Å². The van der Waals surface area contributed by atoms with Gasteiger partial charge in [-0.05, 0) is 67.6 Å². The Kier molecular flexibility index (Phi) is 8.96. The van der Waals surface area contributed by atoms with E-state index in [0.717, 1.165) is 36.1 Å². The summed E-state index contributed by atoms with van der Waals surface area (Å²) in [6, 6.07) is 12.1. The number of hydrogen-bond donors (Lipinski definition) is 1. The van der Waals surface area contributed by atoms with Gasteiger partial charge in [0.05, 0.1) is 24.8 Å². The van der Waals surface area contributed by atoms with Gasteiger partial charge in [-0.15, -0.1) is 0 Å². The fourth-order valence-corrected chi connectivity index (χ4v) is 4.49. The van der Waals surface area contributed by atoms with E-state index in [1.807, 2.05) is 64.1 Å². The third-order valence-corrected chi connectivity index (χ3v) is 6.25. The number of ether oxygens (including phenoxy) is 2. The second-order valence-electron chi connectivity index (χ2n) is 9.04. The number of hydrogen-bond acceptors (Lipinski definition) is 5. The number of likely N-dealkylation sites (tertiary alicyclic amines) is 1. The molecule has 1 amide bonds. The number of unbranched alkanes of at least 4 members (excludes halogenated alkanes) is 2. The van der Waals surface area contributed by atoms with Crippen molar-refractivity contribution in [2.45, 2.75) is 65.8 Å². The standard InChI is InChI=1S/C29H37NO5/c1-6-9-10-17-30-26(20-11-14-22(15-12-20)34-7-2)25(28(32)29(30)33)27(31)21-13-16-24(35-8-3)23(18-21)19(4)5/h11-16,18-19,26,31H,6-10,17H2,1-5H3/b27-25-. The molecule has 3 rings (SSSR count). The van der Waals surface area contributed by atoms with E-state index in [1.54, 1.807) is 11.0 Å². The lowest BCUT2D eigenvalue weighted by molar-refractivity contribution is -0.139. The fourth-order valence-electron chi connectivity index (χ4n) is 4.49. The van der Waals surface area contributed by atoms with Gasteiger partial charge in [0.25, 0.3) is 11.7 Å². The monoisotopic (exact) mass is 479 g/mol. The van der Waals surface area contributed by atoms with Crippen LogP contribution < -0.4 is 9.47 Å². The van der Waals surface area contributed by atoms with Gasteiger partial charge in [-0.3, -0.25) is 9.59 Å². The molecule has 2 aromatic rings. The van der Waals surface area contributed by atoms with Gasteiger partial charge < -0.3 is 19.5 Å². The highest BCUT2D eigenvalue weighted by atomic mass is 16.5. The highest BCUT2D eigenvalue weighted by Gasteiger charge is 2.45. The van der Waals surface area contributed by atoms with Gasteiger partial charge in [0.1, 0.15) is 17.3 Å². The first-order chi connectivity index (χ1) is 16.8. The molecule has 1 atom stereocenters. The van der Waals surface area contributed by atoms with E-state index >= 15 is 0 Å². The van der Waals surface area contributed by atoms with E-state index in [1.165, 1.54) is 0 Å². The molecule has 1 N–H and O–H groups in total. The molecule has 188 valence electrons. The molecular weight excluding hydrogens is 442 g/mol. The molecule has 0 saturated carbocycles. The van der Waals surface area contributed by atoms with E-state index in [9.17, 15) is 14.7 Å². The molecular formula is C29H37NO5. The normalized spacial score (nSPS) is 17.3. The summed E-state index contributed by atoms with van der Waals surface area (Å²) >= 11 is 0. The number of nitrogens with zero attached hydrogens (tertiary/aromatic N) is 1. The maximum Gasteiger partial charge on any atom is 0.295 e. The average molecular weight is 480 g/mol. The lowest BCUT2D eigenvalue weighted by Crippen LogP contribution is -2.30. The molecule has 1 fully saturated rings. The Balaban J connectivity index is 2.12. The molecule has 1 unspecified atom stereocenters. The first-order valence-electron chi connectivity index (χ1n) is 12.6. The Hall–Kier alpha value is -3.28. The lowest BCUT2D eigenvalue weighted by atomic mass is 9.93. The first kappa shape index (κ1) is 26.3. The second kappa shape index (κ2) is 11.9. The zero-order chi connectivity index (χ0) is 25.5. The van der Waals surface area contributed by atoms with Crippen LogP contribution in [0, 0.1) is 0 Å². The average Bonchev–Trinajstić information content (AvgIpc) is 3.10. The number of carbonyl (C=O) groups excluding carboxylic acids is 2. The van der Waals surface area contributed by atoms with E-state index in [2.05, 4.69) is 6.92 Å². The number of benzene rings is 2. The van der Waals surface area contributed by atoms with Crippen LogP contribution in [0.2, 0.25) is 0 Å². The van der Waals surface area contributed by atoms with Gasteiger partial charge >= 0.3 is 0 Å². The number of Topliss-reactive ketones (excluding diaryl/α,β-unsaturated/α-hetero) is 1. The largest absolute Gasteiger partial charge is 0.507 e. The summed E-state index contributed by atoms with van der Waals surface area (Å²) < 4.78 is 11.3. The summed E-state index contributed by atoms with van der Waals surface area (Å²) in [6.45, 7) is 11.6. The lowest BCUT2D eigenvalue weighted by Gasteiger charge is -2.25. The number of carbonyl (C=O) groups is 2. The Morgan fingerprint density at radius 2 is 1.66 bits per heavy atom. The summed E-state index contributed by atoms with van der Waals surface area (Å²) in [5, 5.41) is 11.4. The minimum absolute atomic E-state index is 0.120. The molecule has 0 radical (unpaired) electrons. The highest BCUT2D eigenvalue weighted by Crippen LogP contribution is 2.41. The van der Waals surface area contributed by atoms with Crippen LogP contribution in [0.1, 0.15) is 82.5 Å². The Morgan fingerprint density at radius 1 is 0.971 bits per heavy atom. The van der Waals surface area contributed by atoms with Gasteiger partial charge in [0, 0.05) is 12.1 Å². The molecule has 1 saturated heterocycles.